The third-order valence-electron chi connectivity index (χ3n) is 11.4. The van der Waals surface area contributed by atoms with Crippen molar-refractivity contribution in [2.75, 3.05) is 32.9 Å². The molecule has 0 aliphatic rings. The van der Waals surface area contributed by atoms with Gasteiger partial charge in [0.1, 0.15) is 0 Å². The number of hydrogen-bond acceptors (Lipinski definition) is 7. The number of carbonyl (C=O) groups excluding carboxylic acids is 2. The number of rotatable bonds is 47. The van der Waals surface area contributed by atoms with E-state index < -0.39 is 6.10 Å². The average Bonchev–Trinajstić information content (AvgIpc) is 3.22. The monoisotopic (exact) mass is 820 g/mol. The van der Waals surface area contributed by atoms with Crippen LogP contribution in [0, 0.1) is 5.92 Å². The molecule has 0 saturated carbocycles. The zero-order valence-corrected chi connectivity index (χ0v) is 38.5. The molecule has 0 aromatic heterocycles. The summed E-state index contributed by atoms with van der Waals surface area (Å²) in [5.41, 5.74) is 0. The van der Waals surface area contributed by atoms with Crippen LogP contribution in [-0.2, 0) is 19.1 Å². The van der Waals surface area contributed by atoms with Gasteiger partial charge in [-0.3, -0.25) is 9.59 Å². The molecule has 0 saturated heterocycles. The highest BCUT2D eigenvalue weighted by atomic mass is 16.5. The van der Waals surface area contributed by atoms with E-state index in [0.29, 0.717) is 39.0 Å². The van der Waals surface area contributed by atoms with Gasteiger partial charge < -0.3 is 25.0 Å². The van der Waals surface area contributed by atoms with Gasteiger partial charge in [-0.25, -0.2) is 0 Å². The maximum Gasteiger partial charge on any atom is 0.305 e. The Bertz CT molecular complexity index is 907. The Labute approximate surface area is 359 Å². The number of aliphatic hydroxyl groups excluding tert-OH is 2. The number of hydrogen-bond donors (Lipinski definition) is 3. The van der Waals surface area contributed by atoms with Crippen LogP contribution in [0.4, 0.5) is 0 Å². The summed E-state index contributed by atoms with van der Waals surface area (Å²) in [6.07, 6.45) is 49.1. The summed E-state index contributed by atoms with van der Waals surface area (Å²) in [5.74, 6) is -0.0524. The second-order valence-electron chi connectivity index (χ2n) is 17.1. The van der Waals surface area contributed by atoms with E-state index >= 15 is 0 Å². The molecule has 342 valence electrons. The molecule has 0 heterocycles. The number of carbonyl (C=O) groups is 2. The Balaban J connectivity index is 3.87. The molecule has 0 rings (SSSR count). The number of unbranched alkanes of at least 4 members (excludes halogenated alkanes) is 25. The molecule has 58 heavy (non-hydrogen) atoms. The molecule has 0 bridgehead atoms. The van der Waals surface area contributed by atoms with Crippen LogP contribution in [0.15, 0.2) is 24.3 Å². The maximum atomic E-state index is 12.2. The van der Waals surface area contributed by atoms with Crippen LogP contribution < -0.4 is 5.32 Å². The van der Waals surface area contributed by atoms with Crippen molar-refractivity contribution in [3.63, 3.8) is 0 Å². The highest BCUT2D eigenvalue weighted by molar-refractivity contribution is 5.69. The molecule has 3 N–H and O–H groups in total. The largest absolute Gasteiger partial charge is 0.466 e. The molecular weight excluding hydrogens is 723 g/mol. The first kappa shape index (κ1) is 56.3. The van der Waals surface area contributed by atoms with E-state index in [1.165, 1.54) is 141 Å². The van der Waals surface area contributed by atoms with E-state index in [9.17, 15) is 14.7 Å². The van der Waals surface area contributed by atoms with E-state index in [0.717, 1.165) is 77.2 Å². The zero-order chi connectivity index (χ0) is 42.3. The normalized spacial score (nSPS) is 12.8. The van der Waals surface area contributed by atoms with Crippen LogP contribution in [0.3, 0.4) is 0 Å². The van der Waals surface area contributed by atoms with Crippen molar-refractivity contribution < 1.29 is 29.3 Å². The predicted octanol–water partition coefficient (Wildman–Crippen LogP) is 13.8. The molecule has 0 fully saturated rings. The Morgan fingerprint density at radius 3 is 1.31 bits per heavy atom. The Kier molecular flexibility index (Phi) is 46.6. The third-order valence-corrected chi connectivity index (χ3v) is 11.4. The second-order valence-corrected chi connectivity index (χ2v) is 17.1. The zero-order valence-electron chi connectivity index (χ0n) is 38.5. The van der Waals surface area contributed by atoms with E-state index in [-0.39, 0.29) is 24.5 Å². The summed E-state index contributed by atoms with van der Waals surface area (Å²) in [7, 11) is 0. The predicted molar refractivity (Wildman–Crippen MR) is 247 cm³/mol. The first-order valence-corrected chi connectivity index (χ1v) is 25.2. The second kappa shape index (κ2) is 48.0. The summed E-state index contributed by atoms with van der Waals surface area (Å²) < 4.78 is 11.0. The van der Waals surface area contributed by atoms with Gasteiger partial charge in [-0.2, -0.15) is 0 Å². The third kappa shape index (κ3) is 43.9. The molecule has 7 heteroatoms. The number of ether oxygens (including phenoxy) is 2. The van der Waals surface area contributed by atoms with E-state index in [4.69, 9.17) is 14.6 Å². The van der Waals surface area contributed by atoms with Crippen LogP contribution in [0.5, 0.6) is 0 Å². The molecule has 2 atom stereocenters. The minimum atomic E-state index is -0.408. The van der Waals surface area contributed by atoms with Crippen molar-refractivity contribution in [1.82, 2.24) is 5.32 Å². The van der Waals surface area contributed by atoms with Crippen LogP contribution in [-0.4, -0.2) is 61.2 Å². The van der Waals surface area contributed by atoms with Gasteiger partial charge in [0.15, 0.2) is 0 Å². The minimum Gasteiger partial charge on any atom is -0.466 e. The number of allylic oxidation sites excluding steroid dienone is 4. The van der Waals surface area contributed by atoms with Crippen molar-refractivity contribution >= 4 is 11.9 Å². The van der Waals surface area contributed by atoms with E-state index in [1.807, 2.05) is 0 Å². The van der Waals surface area contributed by atoms with Gasteiger partial charge in [-0.05, 0) is 122 Å². The van der Waals surface area contributed by atoms with Crippen molar-refractivity contribution in [3.8, 4) is 0 Å². The molecule has 0 spiro atoms. The summed E-state index contributed by atoms with van der Waals surface area (Å²) in [5, 5.41) is 23.5. The summed E-state index contributed by atoms with van der Waals surface area (Å²) in [6, 6.07) is 0. The standard InChI is InChI=1S/C51H97NO6/c1-3-5-7-9-11-13-15-17-19-21-23-25-27-29-33-41-50(55)57-45-36-31-32-40-49(54)48(47-52-43-38-44-53)39-35-37-46-58-51(56)42-34-30-28-26-24-22-20-18-16-14-12-10-8-6-4-2/h17-20,48-49,52-54H,3-16,21-47H2,1-2H3/b19-17-,20-18-. The molecular formula is C51H97NO6. The fourth-order valence-electron chi connectivity index (χ4n) is 7.50. The molecule has 0 aromatic rings. The Morgan fingerprint density at radius 2 is 0.862 bits per heavy atom. The quantitative estimate of drug-likeness (QED) is 0.0319. The van der Waals surface area contributed by atoms with Gasteiger partial charge >= 0.3 is 11.9 Å². The minimum absolute atomic E-state index is 0.0829. The van der Waals surface area contributed by atoms with E-state index in [2.05, 4.69) is 43.5 Å². The number of aliphatic hydroxyl groups is 2. The fourth-order valence-corrected chi connectivity index (χ4v) is 7.50. The smallest absolute Gasteiger partial charge is 0.305 e. The topological polar surface area (TPSA) is 105 Å². The molecule has 7 nitrogen and oxygen atoms in total. The molecule has 0 aliphatic carbocycles. The molecule has 2 unspecified atom stereocenters. The lowest BCUT2D eigenvalue weighted by atomic mass is 9.92. The van der Waals surface area contributed by atoms with Crippen molar-refractivity contribution in [2.24, 2.45) is 5.92 Å². The SMILES string of the molecule is CCCCCCCC/C=C\CCCCCCCC(=O)OCCCCCC(O)C(CCCCOC(=O)CCCCCCC/C=C\CCCCCCCC)CNCCCO. The van der Waals surface area contributed by atoms with Crippen LogP contribution >= 0.6 is 0 Å². The highest BCUT2D eigenvalue weighted by Gasteiger charge is 2.18. The lowest BCUT2D eigenvalue weighted by Gasteiger charge is -2.23. The Hall–Kier alpha value is -1.70. The van der Waals surface area contributed by atoms with Gasteiger partial charge in [0, 0.05) is 26.0 Å². The lowest BCUT2D eigenvalue weighted by Crippen LogP contribution is -2.32. The number of esters is 2. The summed E-state index contributed by atoms with van der Waals surface area (Å²) >= 11 is 0. The Morgan fingerprint density at radius 1 is 0.483 bits per heavy atom. The van der Waals surface area contributed by atoms with Gasteiger partial charge in [-0.1, -0.05) is 147 Å². The van der Waals surface area contributed by atoms with Crippen molar-refractivity contribution in [3.05, 3.63) is 24.3 Å². The molecule has 0 aliphatic heterocycles. The molecule has 0 aromatic carbocycles. The first-order chi connectivity index (χ1) is 28.5. The van der Waals surface area contributed by atoms with Gasteiger partial charge in [0.25, 0.3) is 0 Å². The summed E-state index contributed by atoms with van der Waals surface area (Å²) in [4.78, 5) is 24.4. The van der Waals surface area contributed by atoms with Crippen molar-refractivity contribution in [1.29, 1.82) is 0 Å². The first-order valence-electron chi connectivity index (χ1n) is 25.2. The fraction of sp³-hybridized carbons (Fsp3) is 0.882. The van der Waals surface area contributed by atoms with Gasteiger partial charge in [0.2, 0.25) is 0 Å². The molecule has 0 radical (unpaired) electrons. The highest BCUT2D eigenvalue weighted by Crippen LogP contribution is 2.19. The lowest BCUT2D eigenvalue weighted by molar-refractivity contribution is -0.144. The van der Waals surface area contributed by atoms with Crippen molar-refractivity contribution in [2.45, 2.75) is 251 Å². The van der Waals surface area contributed by atoms with E-state index in [1.54, 1.807) is 0 Å². The summed E-state index contributed by atoms with van der Waals surface area (Å²) in [6.45, 7) is 7.04. The van der Waals surface area contributed by atoms with Crippen LogP contribution in [0.25, 0.3) is 0 Å². The average molecular weight is 820 g/mol. The maximum absolute atomic E-state index is 12.2. The van der Waals surface area contributed by atoms with Gasteiger partial charge in [0.05, 0.1) is 19.3 Å². The number of nitrogens with one attached hydrogen (secondary N) is 1. The van der Waals surface area contributed by atoms with Crippen LogP contribution in [0.1, 0.15) is 245 Å². The van der Waals surface area contributed by atoms with Crippen LogP contribution in [0.2, 0.25) is 0 Å². The molecule has 0 amide bonds. The van der Waals surface area contributed by atoms with Gasteiger partial charge in [-0.15, -0.1) is 0 Å².